The summed E-state index contributed by atoms with van der Waals surface area (Å²) < 4.78 is 11.9. The normalized spacial score (nSPS) is 35.2. The van der Waals surface area contributed by atoms with Gasteiger partial charge in [-0.25, -0.2) is 4.79 Å². The van der Waals surface area contributed by atoms with Crippen molar-refractivity contribution in [2.75, 3.05) is 42.9 Å². The van der Waals surface area contributed by atoms with E-state index in [1.807, 2.05) is 24.3 Å². The molecule has 0 saturated heterocycles. The number of esters is 1. The van der Waals surface area contributed by atoms with E-state index in [0.29, 0.717) is 41.2 Å². The van der Waals surface area contributed by atoms with Crippen molar-refractivity contribution in [3.63, 3.8) is 0 Å². The van der Waals surface area contributed by atoms with Gasteiger partial charge >= 0.3 is 5.97 Å². The summed E-state index contributed by atoms with van der Waals surface area (Å²) in [6.45, 7) is 6.83. The fourth-order valence-corrected chi connectivity index (χ4v) is 8.81. The van der Waals surface area contributed by atoms with Gasteiger partial charge in [-0.1, -0.05) is 19.9 Å². The molecule has 214 valence electrons. The van der Waals surface area contributed by atoms with Crippen LogP contribution in [-0.4, -0.2) is 56.0 Å². The number of ether oxygens (including phenoxy) is 2. The minimum absolute atomic E-state index is 0.00150. The molecule has 3 saturated carbocycles. The van der Waals surface area contributed by atoms with Crippen molar-refractivity contribution in [1.29, 1.82) is 0 Å². The van der Waals surface area contributed by atoms with Gasteiger partial charge in [-0.2, -0.15) is 0 Å². The second-order valence-corrected chi connectivity index (χ2v) is 13.1. The fourth-order valence-electron chi connectivity index (χ4n) is 8.40. The molecule has 0 aromatic heterocycles. The molecule has 8 heteroatoms. The average Bonchev–Trinajstić information content (AvgIpc) is 3.17. The van der Waals surface area contributed by atoms with Gasteiger partial charge in [0.2, 0.25) is 5.91 Å². The van der Waals surface area contributed by atoms with Crippen LogP contribution in [0.4, 0.5) is 5.69 Å². The third-order valence-electron chi connectivity index (χ3n) is 10.5. The topological polar surface area (TPSA) is 67.9 Å². The van der Waals surface area contributed by atoms with Crippen molar-refractivity contribution in [1.82, 2.24) is 5.32 Å². The van der Waals surface area contributed by atoms with Gasteiger partial charge in [-0.3, -0.25) is 4.79 Å². The van der Waals surface area contributed by atoms with E-state index >= 15 is 0 Å². The van der Waals surface area contributed by atoms with E-state index < -0.39 is 0 Å². The Bertz CT molecular complexity index is 1060. The molecule has 1 aromatic carbocycles. The van der Waals surface area contributed by atoms with Crippen LogP contribution in [-0.2, 0) is 14.3 Å². The number of allylic oxidation sites excluding steroid dienone is 1. The number of anilines is 1. The molecular formula is C31H42Cl2N2O4. The Hall–Kier alpha value is -1.92. The number of alkyl halides is 2. The Morgan fingerprint density at radius 3 is 2.49 bits per heavy atom. The van der Waals surface area contributed by atoms with Gasteiger partial charge in [0.05, 0.1) is 0 Å². The highest BCUT2D eigenvalue weighted by atomic mass is 35.5. The van der Waals surface area contributed by atoms with E-state index in [0.717, 1.165) is 57.4 Å². The highest BCUT2D eigenvalue weighted by molar-refractivity contribution is 6.18. The lowest BCUT2D eigenvalue weighted by molar-refractivity contribution is -0.163. The first-order valence-electron chi connectivity index (χ1n) is 14.5. The number of halogens is 2. The second-order valence-electron chi connectivity index (χ2n) is 12.3. The average molecular weight is 578 g/mol. The minimum Gasteiger partial charge on any atom is -0.482 e. The molecule has 3 aliphatic carbocycles. The Kier molecular flexibility index (Phi) is 8.73. The molecule has 39 heavy (non-hydrogen) atoms. The van der Waals surface area contributed by atoms with Crippen LogP contribution in [0.5, 0.6) is 5.75 Å². The van der Waals surface area contributed by atoms with Gasteiger partial charge in [0.15, 0.2) is 6.61 Å². The molecule has 1 aromatic rings. The van der Waals surface area contributed by atoms with Gasteiger partial charge in [0.1, 0.15) is 11.9 Å². The summed E-state index contributed by atoms with van der Waals surface area (Å²) in [5.74, 6) is 3.65. The zero-order valence-electron chi connectivity index (χ0n) is 23.2. The molecule has 5 rings (SSSR count). The van der Waals surface area contributed by atoms with Crippen molar-refractivity contribution in [2.24, 2.45) is 34.5 Å². The quantitative estimate of drug-likeness (QED) is 0.297. The maximum atomic E-state index is 12.9. The van der Waals surface area contributed by atoms with Gasteiger partial charge in [-0.05, 0) is 98.0 Å². The predicted octanol–water partition coefficient (Wildman–Crippen LogP) is 5.81. The van der Waals surface area contributed by atoms with E-state index in [1.54, 1.807) is 6.08 Å². The van der Waals surface area contributed by atoms with Crippen molar-refractivity contribution in [3.8, 4) is 5.75 Å². The number of nitrogens with zero attached hydrogens (tertiary/aromatic N) is 1. The third-order valence-corrected chi connectivity index (χ3v) is 10.9. The first kappa shape index (κ1) is 28.6. The Labute approximate surface area is 242 Å². The molecule has 1 aliphatic heterocycles. The smallest absolute Gasteiger partial charge is 0.344 e. The molecule has 1 N–H and O–H groups in total. The number of nitrogens with one attached hydrogen (secondary N) is 1. The molecule has 6 nitrogen and oxygen atoms in total. The number of benzene rings is 1. The number of hydrogen-bond donors (Lipinski definition) is 1. The minimum atomic E-state index is -0.300. The van der Waals surface area contributed by atoms with Crippen LogP contribution in [0.25, 0.3) is 0 Å². The first-order valence-corrected chi connectivity index (χ1v) is 15.6. The number of amides is 1. The van der Waals surface area contributed by atoms with E-state index in [-0.39, 0.29) is 35.4 Å². The fraction of sp³-hybridized carbons (Fsp3) is 0.677. The van der Waals surface area contributed by atoms with Crippen molar-refractivity contribution in [3.05, 3.63) is 36.4 Å². The van der Waals surface area contributed by atoms with E-state index in [1.165, 1.54) is 6.42 Å². The molecule has 0 unspecified atom stereocenters. The van der Waals surface area contributed by atoms with Crippen LogP contribution in [0.1, 0.15) is 52.4 Å². The Morgan fingerprint density at radius 2 is 1.77 bits per heavy atom. The lowest BCUT2D eigenvalue weighted by Gasteiger charge is -2.57. The number of fused-ring (bicyclic) bond motifs is 5. The number of carbonyl (C=O) groups is 2. The van der Waals surface area contributed by atoms with Crippen molar-refractivity contribution >= 4 is 40.8 Å². The van der Waals surface area contributed by atoms with Gasteiger partial charge < -0.3 is 19.7 Å². The second kappa shape index (κ2) is 11.9. The summed E-state index contributed by atoms with van der Waals surface area (Å²) in [6.07, 6.45) is 10.4. The zero-order valence-corrected chi connectivity index (χ0v) is 24.7. The number of rotatable bonds is 9. The van der Waals surface area contributed by atoms with Gasteiger partial charge in [0, 0.05) is 42.5 Å². The van der Waals surface area contributed by atoms with Gasteiger partial charge in [-0.15, -0.1) is 23.2 Å². The summed E-state index contributed by atoms with van der Waals surface area (Å²) in [4.78, 5) is 27.1. The van der Waals surface area contributed by atoms with Gasteiger partial charge in [0.25, 0.3) is 0 Å². The van der Waals surface area contributed by atoms with Crippen LogP contribution in [0.15, 0.2) is 36.4 Å². The summed E-state index contributed by atoms with van der Waals surface area (Å²) in [7, 11) is 0. The largest absolute Gasteiger partial charge is 0.482 e. The first-order chi connectivity index (χ1) is 18.8. The number of carbonyl (C=O) groups excluding carboxylic acids is 2. The summed E-state index contributed by atoms with van der Waals surface area (Å²) in [5.41, 5.74) is 1.07. The molecule has 1 heterocycles. The maximum absolute atomic E-state index is 12.9. The Balaban J connectivity index is 1.18. The lowest BCUT2D eigenvalue weighted by Crippen LogP contribution is -2.53. The molecule has 4 aliphatic rings. The summed E-state index contributed by atoms with van der Waals surface area (Å²) in [5, 5.41) is 3.08. The predicted molar refractivity (Wildman–Crippen MR) is 155 cm³/mol. The van der Waals surface area contributed by atoms with Crippen molar-refractivity contribution in [2.45, 2.75) is 58.5 Å². The summed E-state index contributed by atoms with van der Waals surface area (Å²) >= 11 is 11.8. The molecule has 0 radical (unpaired) electrons. The summed E-state index contributed by atoms with van der Waals surface area (Å²) in [6, 6.07) is 7.67. The molecule has 3 fully saturated rings. The highest BCUT2D eigenvalue weighted by Gasteiger charge is 2.60. The molecule has 0 bridgehead atoms. The van der Waals surface area contributed by atoms with E-state index in [2.05, 4.69) is 30.1 Å². The standard InChI is InChI=1S/C31H42Cl2N2O4/c1-30-14-12-28(36)34-19-21(30)3-8-24-25-9-10-27(31(25,2)13-11-26(24)30)39-29(37)20-38-23-6-4-22(5-7-23)35(17-15-32)18-16-33/h4-7,12,14,21,24-27H,3,8-11,13,15-20H2,1-2H3,(H,34,36)/t21-,24+,25-,26+,27-,30-,31+/m0/s1. The van der Waals surface area contributed by atoms with E-state index in [9.17, 15) is 9.59 Å². The SMILES string of the molecule is C[C@]12C=CC(=O)NC[C@@H]1CC[C@H]1[C@H]2CC[C@@]2(C)[C@@H](OC(=O)COc3ccc(N(CCCl)CCCl)cc3)CC[C@@H]12. The van der Waals surface area contributed by atoms with Crippen LogP contribution >= 0.6 is 23.2 Å². The van der Waals surface area contributed by atoms with Crippen LogP contribution < -0.4 is 15.0 Å². The monoisotopic (exact) mass is 576 g/mol. The number of hydrogen-bond acceptors (Lipinski definition) is 5. The van der Waals surface area contributed by atoms with Crippen LogP contribution in [0.3, 0.4) is 0 Å². The van der Waals surface area contributed by atoms with E-state index in [4.69, 9.17) is 32.7 Å². The molecule has 1 amide bonds. The molecule has 7 atom stereocenters. The van der Waals surface area contributed by atoms with Crippen LogP contribution in [0.2, 0.25) is 0 Å². The molecule has 0 spiro atoms. The van der Waals surface area contributed by atoms with Crippen molar-refractivity contribution < 1.29 is 19.1 Å². The van der Waals surface area contributed by atoms with Crippen LogP contribution in [0, 0.1) is 34.5 Å². The third kappa shape index (κ3) is 5.66. The molecular weight excluding hydrogens is 535 g/mol. The lowest BCUT2D eigenvalue weighted by atomic mass is 9.47. The highest BCUT2D eigenvalue weighted by Crippen LogP contribution is 2.64. The zero-order chi connectivity index (χ0) is 27.6. The Morgan fingerprint density at radius 1 is 1.03 bits per heavy atom. The maximum Gasteiger partial charge on any atom is 0.344 e.